The van der Waals surface area contributed by atoms with Crippen LogP contribution in [-0.4, -0.2) is 10.8 Å². The SMILES string of the molecule is CC(=O)N(Cc1ccc(Cl)cc1Cl)c1cccc([N+](=O)[O-])c1. The van der Waals surface area contributed by atoms with Crippen LogP contribution in [0, 0.1) is 10.1 Å². The summed E-state index contributed by atoms with van der Waals surface area (Å²) in [5.41, 5.74) is 1.06. The molecular formula is C15H12Cl2N2O3. The topological polar surface area (TPSA) is 63.5 Å². The van der Waals surface area contributed by atoms with Crippen molar-refractivity contribution in [2.75, 3.05) is 4.90 Å². The molecule has 7 heteroatoms. The lowest BCUT2D eigenvalue weighted by molar-refractivity contribution is -0.384. The lowest BCUT2D eigenvalue weighted by Gasteiger charge is -2.21. The van der Waals surface area contributed by atoms with Crippen LogP contribution < -0.4 is 4.90 Å². The normalized spacial score (nSPS) is 10.3. The van der Waals surface area contributed by atoms with Crippen molar-refractivity contribution >= 4 is 40.5 Å². The average Bonchev–Trinajstić information content (AvgIpc) is 2.46. The quantitative estimate of drug-likeness (QED) is 0.610. The van der Waals surface area contributed by atoms with Gasteiger partial charge in [-0.1, -0.05) is 35.3 Å². The lowest BCUT2D eigenvalue weighted by Crippen LogP contribution is -2.27. The Balaban J connectivity index is 2.36. The smallest absolute Gasteiger partial charge is 0.271 e. The van der Waals surface area contributed by atoms with Crippen molar-refractivity contribution in [2.45, 2.75) is 13.5 Å². The molecule has 2 rings (SSSR count). The number of nitro groups is 1. The lowest BCUT2D eigenvalue weighted by atomic mass is 10.2. The predicted molar refractivity (Wildman–Crippen MR) is 86.4 cm³/mol. The van der Waals surface area contributed by atoms with Crippen LogP contribution >= 0.6 is 23.2 Å². The third-order valence-corrected chi connectivity index (χ3v) is 3.66. The Labute approximate surface area is 137 Å². The summed E-state index contributed by atoms with van der Waals surface area (Å²) in [4.78, 5) is 23.7. The zero-order valence-electron chi connectivity index (χ0n) is 11.6. The van der Waals surface area contributed by atoms with E-state index in [1.54, 1.807) is 24.3 Å². The van der Waals surface area contributed by atoms with Gasteiger partial charge >= 0.3 is 0 Å². The van der Waals surface area contributed by atoms with Gasteiger partial charge in [0.25, 0.3) is 5.69 Å². The van der Waals surface area contributed by atoms with Crippen LogP contribution in [0.2, 0.25) is 10.0 Å². The molecule has 0 aliphatic carbocycles. The molecule has 114 valence electrons. The van der Waals surface area contributed by atoms with E-state index >= 15 is 0 Å². The van der Waals surface area contributed by atoms with E-state index in [2.05, 4.69) is 0 Å². The van der Waals surface area contributed by atoms with Gasteiger partial charge in [-0.05, 0) is 23.8 Å². The molecule has 5 nitrogen and oxygen atoms in total. The molecule has 0 aliphatic rings. The molecule has 0 N–H and O–H groups in total. The van der Waals surface area contributed by atoms with Crippen LogP contribution in [0.4, 0.5) is 11.4 Å². The number of benzene rings is 2. The zero-order valence-corrected chi connectivity index (χ0v) is 13.1. The number of non-ortho nitro benzene ring substituents is 1. The number of carbonyl (C=O) groups excluding carboxylic acids is 1. The monoisotopic (exact) mass is 338 g/mol. The van der Waals surface area contributed by atoms with E-state index < -0.39 is 4.92 Å². The molecule has 0 atom stereocenters. The highest BCUT2D eigenvalue weighted by Crippen LogP contribution is 2.26. The molecule has 0 radical (unpaired) electrons. The van der Waals surface area contributed by atoms with Crippen molar-refractivity contribution in [2.24, 2.45) is 0 Å². The molecule has 0 bridgehead atoms. The van der Waals surface area contributed by atoms with E-state index in [1.165, 1.54) is 30.0 Å². The highest BCUT2D eigenvalue weighted by Gasteiger charge is 2.16. The molecule has 0 spiro atoms. The second-order valence-corrected chi connectivity index (χ2v) is 5.46. The summed E-state index contributed by atoms with van der Waals surface area (Å²) in [5, 5.41) is 11.8. The Morgan fingerprint density at radius 3 is 2.55 bits per heavy atom. The Kier molecular flexibility index (Phi) is 5.00. The summed E-state index contributed by atoms with van der Waals surface area (Å²) in [7, 11) is 0. The highest BCUT2D eigenvalue weighted by molar-refractivity contribution is 6.35. The van der Waals surface area contributed by atoms with Gasteiger partial charge in [-0.25, -0.2) is 0 Å². The van der Waals surface area contributed by atoms with Gasteiger partial charge in [0.2, 0.25) is 5.91 Å². The number of amides is 1. The fourth-order valence-electron chi connectivity index (χ4n) is 1.98. The molecular weight excluding hydrogens is 327 g/mol. The summed E-state index contributed by atoms with van der Waals surface area (Å²) in [5.74, 6) is -0.244. The molecule has 0 aliphatic heterocycles. The van der Waals surface area contributed by atoms with Crippen LogP contribution in [-0.2, 0) is 11.3 Å². The van der Waals surface area contributed by atoms with Gasteiger partial charge in [-0.15, -0.1) is 0 Å². The van der Waals surface area contributed by atoms with E-state index in [0.29, 0.717) is 21.3 Å². The van der Waals surface area contributed by atoms with Gasteiger partial charge in [0, 0.05) is 29.1 Å². The highest BCUT2D eigenvalue weighted by atomic mass is 35.5. The van der Waals surface area contributed by atoms with E-state index in [0.717, 1.165) is 0 Å². The van der Waals surface area contributed by atoms with Gasteiger partial charge in [0.15, 0.2) is 0 Å². The van der Waals surface area contributed by atoms with Crippen LogP contribution in [0.3, 0.4) is 0 Å². The molecule has 0 unspecified atom stereocenters. The summed E-state index contributed by atoms with van der Waals surface area (Å²) in [6, 6.07) is 10.9. The predicted octanol–water partition coefficient (Wildman–Crippen LogP) is 4.45. The molecule has 0 saturated carbocycles. The second-order valence-electron chi connectivity index (χ2n) is 4.62. The number of halogens is 2. The van der Waals surface area contributed by atoms with Crippen LogP contribution in [0.25, 0.3) is 0 Å². The van der Waals surface area contributed by atoms with E-state index in [4.69, 9.17) is 23.2 Å². The molecule has 1 amide bonds. The Bertz CT molecular complexity index is 734. The number of hydrogen-bond acceptors (Lipinski definition) is 3. The van der Waals surface area contributed by atoms with Gasteiger partial charge in [0.1, 0.15) is 0 Å². The first-order chi connectivity index (χ1) is 10.4. The second kappa shape index (κ2) is 6.77. The fourth-order valence-corrected chi connectivity index (χ4v) is 2.45. The van der Waals surface area contributed by atoms with Gasteiger partial charge in [-0.3, -0.25) is 14.9 Å². The van der Waals surface area contributed by atoms with Crippen LogP contribution in [0.5, 0.6) is 0 Å². The van der Waals surface area contributed by atoms with Gasteiger partial charge in [0.05, 0.1) is 17.2 Å². The summed E-state index contributed by atoms with van der Waals surface area (Å²) < 4.78 is 0. The first-order valence-electron chi connectivity index (χ1n) is 6.35. The fraction of sp³-hybridized carbons (Fsp3) is 0.133. The number of nitro benzene ring substituents is 1. The maximum atomic E-state index is 11.9. The van der Waals surface area contributed by atoms with Crippen molar-refractivity contribution in [3.8, 4) is 0 Å². The van der Waals surface area contributed by atoms with Crippen molar-refractivity contribution in [3.63, 3.8) is 0 Å². The maximum Gasteiger partial charge on any atom is 0.271 e. The molecule has 22 heavy (non-hydrogen) atoms. The van der Waals surface area contributed by atoms with Crippen molar-refractivity contribution < 1.29 is 9.72 Å². The van der Waals surface area contributed by atoms with Crippen molar-refractivity contribution in [1.82, 2.24) is 0 Å². The van der Waals surface area contributed by atoms with Gasteiger partial charge in [-0.2, -0.15) is 0 Å². The number of anilines is 1. The summed E-state index contributed by atoms with van der Waals surface area (Å²) in [6.45, 7) is 1.59. The third kappa shape index (κ3) is 3.75. The Morgan fingerprint density at radius 1 is 1.23 bits per heavy atom. The number of hydrogen-bond donors (Lipinski definition) is 0. The van der Waals surface area contributed by atoms with Crippen LogP contribution in [0.15, 0.2) is 42.5 Å². The minimum Gasteiger partial charge on any atom is -0.308 e. The van der Waals surface area contributed by atoms with Gasteiger partial charge < -0.3 is 4.90 Å². The number of rotatable bonds is 4. The Hall–Kier alpha value is -2.11. The number of carbonyl (C=O) groups is 1. The molecule has 0 aromatic heterocycles. The molecule has 2 aromatic rings. The first kappa shape index (κ1) is 16.3. The van der Waals surface area contributed by atoms with Crippen LogP contribution in [0.1, 0.15) is 12.5 Å². The van der Waals surface area contributed by atoms with E-state index in [9.17, 15) is 14.9 Å². The first-order valence-corrected chi connectivity index (χ1v) is 7.10. The zero-order chi connectivity index (χ0) is 16.3. The van der Waals surface area contributed by atoms with E-state index in [-0.39, 0.29) is 18.1 Å². The average molecular weight is 339 g/mol. The molecule has 0 heterocycles. The minimum atomic E-state index is -0.503. The summed E-state index contributed by atoms with van der Waals surface area (Å²) in [6.07, 6.45) is 0. The number of nitrogens with zero attached hydrogens (tertiary/aromatic N) is 2. The van der Waals surface area contributed by atoms with Crippen molar-refractivity contribution in [1.29, 1.82) is 0 Å². The maximum absolute atomic E-state index is 11.9. The third-order valence-electron chi connectivity index (χ3n) is 3.08. The molecule has 2 aromatic carbocycles. The summed E-state index contributed by atoms with van der Waals surface area (Å²) >= 11 is 12.0. The minimum absolute atomic E-state index is 0.0778. The largest absolute Gasteiger partial charge is 0.308 e. The molecule has 0 fully saturated rings. The standard InChI is InChI=1S/C15H12Cl2N2O3/c1-10(20)18(9-11-5-6-12(16)7-15(11)17)13-3-2-4-14(8-13)19(21)22/h2-8H,9H2,1H3. The Morgan fingerprint density at radius 2 is 1.95 bits per heavy atom. The molecule has 0 saturated heterocycles. The van der Waals surface area contributed by atoms with E-state index in [1.807, 2.05) is 0 Å². The van der Waals surface area contributed by atoms with Crippen molar-refractivity contribution in [3.05, 3.63) is 68.2 Å².